The molecule has 0 unspecified atom stereocenters. The zero-order chi connectivity index (χ0) is 22.0. The molecule has 4 aromatic rings. The maximum absolute atomic E-state index is 13.0. The number of ether oxygens (including phenoxy) is 1. The summed E-state index contributed by atoms with van der Waals surface area (Å²) in [6.45, 7) is 1.85. The zero-order valence-corrected chi connectivity index (χ0v) is 18.4. The van der Waals surface area contributed by atoms with Crippen molar-refractivity contribution >= 4 is 49.9 Å². The van der Waals surface area contributed by atoms with Gasteiger partial charge in [0.2, 0.25) is 0 Å². The van der Waals surface area contributed by atoms with Gasteiger partial charge in [-0.05, 0) is 75.6 Å². The lowest BCUT2D eigenvalue weighted by Gasteiger charge is -2.14. The van der Waals surface area contributed by atoms with Crippen LogP contribution in [0.1, 0.15) is 26.5 Å². The minimum atomic E-state index is -0.337. The van der Waals surface area contributed by atoms with E-state index in [0.717, 1.165) is 20.8 Å². The monoisotopic (exact) mass is 478 g/mol. The second-order valence-electron chi connectivity index (χ2n) is 6.91. The molecule has 1 heterocycles. The summed E-state index contributed by atoms with van der Waals surface area (Å²) in [6.07, 6.45) is 1.44. The molecule has 31 heavy (non-hydrogen) atoms. The van der Waals surface area contributed by atoms with Crippen LogP contribution in [0.4, 0.5) is 11.4 Å². The third-order valence-corrected chi connectivity index (χ3v) is 5.65. The highest BCUT2D eigenvalue weighted by atomic mass is 79.9. The number of hydrogen-bond acceptors (Lipinski definition) is 4. The van der Waals surface area contributed by atoms with Crippen LogP contribution in [0.25, 0.3) is 10.8 Å². The number of nitrogens with one attached hydrogen (secondary N) is 2. The Kier molecular flexibility index (Phi) is 5.77. The maximum Gasteiger partial charge on any atom is 0.291 e. The van der Waals surface area contributed by atoms with Crippen molar-refractivity contribution in [3.63, 3.8) is 0 Å². The Balaban J connectivity index is 1.58. The first-order valence-corrected chi connectivity index (χ1v) is 10.3. The van der Waals surface area contributed by atoms with E-state index in [1.165, 1.54) is 13.4 Å². The molecule has 0 fully saturated rings. The molecule has 0 spiro atoms. The normalized spacial score (nSPS) is 10.7. The first-order valence-electron chi connectivity index (χ1n) is 9.50. The SMILES string of the molecule is COc1c(C(=O)Nc2ccc(NC(=O)c3ccco3)c(C)c2)cc2ccccc2c1Br. The predicted octanol–water partition coefficient (Wildman–Crippen LogP) is 6.02. The average Bonchev–Trinajstić information content (AvgIpc) is 3.31. The Hall–Kier alpha value is -3.58. The zero-order valence-electron chi connectivity index (χ0n) is 16.9. The molecule has 0 bridgehead atoms. The number of fused-ring (bicyclic) bond motifs is 1. The van der Waals surface area contributed by atoms with E-state index in [1.54, 1.807) is 36.4 Å². The molecule has 2 N–H and O–H groups in total. The van der Waals surface area contributed by atoms with Crippen molar-refractivity contribution in [3.8, 4) is 5.75 Å². The van der Waals surface area contributed by atoms with Crippen LogP contribution in [0.2, 0.25) is 0 Å². The maximum atomic E-state index is 13.0. The molecule has 0 aliphatic heterocycles. The Morgan fingerprint density at radius 1 is 0.968 bits per heavy atom. The third-order valence-electron chi connectivity index (χ3n) is 4.87. The number of halogens is 1. The fraction of sp³-hybridized carbons (Fsp3) is 0.0833. The smallest absolute Gasteiger partial charge is 0.291 e. The highest BCUT2D eigenvalue weighted by Crippen LogP contribution is 2.37. The molecular formula is C24H19BrN2O4. The second kappa shape index (κ2) is 8.65. The Morgan fingerprint density at radius 3 is 2.48 bits per heavy atom. The van der Waals surface area contributed by atoms with Crippen molar-refractivity contribution in [2.75, 3.05) is 17.7 Å². The van der Waals surface area contributed by atoms with Crippen molar-refractivity contribution < 1.29 is 18.7 Å². The van der Waals surface area contributed by atoms with Gasteiger partial charge in [-0.25, -0.2) is 0 Å². The van der Waals surface area contributed by atoms with Gasteiger partial charge in [-0.15, -0.1) is 0 Å². The van der Waals surface area contributed by atoms with Gasteiger partial charge in [0.15, 0.2) is 5.76 Å². The van der Waals surface area contributed by atoms with Gasteiger partial charge in [-0.3, -0.25) is 9.59 Å². The molecule has 3 aromatic carbocycles. The number of amides is 2. The van der Waals surface area contributed by atoms with E-state index in [2.05, 4.69) is 26.6 Å². The lowest BCUT2D eigenvalue weighted by Crippen LogP contribution is -2.15. The Bertz CT molecular complexity index is 1280. The van der Waals surface area contributed by atoms with Gasteiger partial charge in [0.1, 0.15) is 5.75 Å². The van der Waals surface area contributed by atoms with Gasteiger partial charge in [-0.1, -0.05) is 24.3 Å². The summed E-state index contributed by atoms with van der Waals surface area (Å²) in [5, 5.41) is 7.59. The first-order chi connectivity index (χ1) is 15.0. The summed E-state index contributed by atoms with van der Waals surface area (Å²) in [7, 11) is 1.53. The molecule has 0 saturated heterocycles. The molecule has 0 saturated carbocycles. The Morgan fingerprint density at radius 2 is 1.77 bits per heavy atom. The first kappa shape index (κ1) is 20.7. The summed E-state index contributed by atoms with van der Waals surface area (Å²) in [5.41, 5.74) is 2.44. The summed E-state index contributed by atoms with van der Waals surface area (Å²) in [6, 6.07) is 18.1. The standard InChI is InChI=1S/C24H19BrN2O4/c1-14-12-16(9-10-19(14)27-24(29)20-8-5-11-31-20)26-23(28)18-13-15-6-3-4-7-17(15)21(25)22(18)30-2/h3-13H,1-2H3,(H,26,28)(H,27,29). The van der Waals surface area contributed by atoms with Gasteiger partial charge >= 0.3 is 0 Å². The molecule has 156 valence electrons. The molecule has 6 nitrogen and oxygen atoms in total. The lowest BCUT2D eigenvalue weighted by atomic mass is 10.0. The number of carbonyl (C=O) groups excluding carboxylic acids is 2. The summed E-state index contributed by atoms with van der Waals surface area (Å²) in [4.78, 5) is 25.2. The van der Waals surface area contributed by atoms with Gasteiger partial charge in [0, 0.05) is 11.4 Å². The van der Waals surface area contributed by atoms with E-state index in [4.69, 9.17) is 9.15 Å². The molecular weight excluding hydrogens is 460 g/mol. The van der Waals surface area contributed by atoms with Crippen LogP contribution < -0.4 is 15.4 Å². The van der Waals surface area contributed by atoms with Gasteiger partial charge < -0.3 is 19.8 Å². The summed E-state index contributed by atoms with van der Waals surface area (Å²) >= 11 is 3.55. The Labute approximate surface area is 187 Å². The van der Waals surface area contributed by atoms with Crippen LogP contribution in [0.15, 0.2) is 75.8 Å². The van der Waals surface area contributed by atoms with Crippen molar-refractivity contribution in [3.05, 3.63) is 88.3 Å². The topological polar surface area (TPSA) is 80.6 Å². The largest absolute Gasteiger partial charge is 0.495 e. The molecule has 0 radical (unpaired) electrons. The molecule has 7 heteroatoms. The average molecular weight is 479 g/mol. The molecule has 4 rings (SSSR count). The van der Waals surface area contributed by atoms with Crippen molar-refractivity contribution in [2.45, 2.75) is 6.92 Å². The highest BCUT2D eigenvalue weighted by molar-refractivity contribution is 9.10. The van der Waals surface area contributed by atoms with Crippen molar-refractivity contribution in [1.82, 2.24) is 0 Å². The number of methoxy groups -OCH3 is 1. The van der Waals surface area contributed by atoms with Crippen LogP contribution in [0.5, 0.6) is 5.75 Å². The van der Waals surface area contributed by atoms with Crippen molar-refractivity contribution in [1.29, 1.82) is 0 Å². The van der Waals surface area contributed by atoms with Crippen LogP contribution >= 0.6 is 15.9 Å². The minimum Gasteiger partial charge on any atom is -0.495 e. The number of carbonyl (C=O) groups is 2. The van der Waals surface area contributed by atoms with Gasteiger partial charge in [0.05, 0.1) is 23.4 Å². The van der Waals surface area contributed by atoms with Crippen LogP contribution in [-0.4, -0.2) is 18.9 Å². The van der Waals surface area contributed by atoms with E-state index in [9.17, 15) is 9.59 Å². The van der Waals surface area contributed by atoms with Gasteiger partial charge in [-0.2, -0.15) is 0 Å². The summed E-state index contributed by atoms with van der Waals surface area (Å²) in [5.74, 6) is 0.0618. The molecule has 2 amide bonds. The number of anilines is 2. The number of rotatable bonds is 5. The predicted molar refractivity (Wildman–Crippen MR) is 124 cm³/mol. The van der Waals surface area contributed by atoms with E-state index in [-0.39, 0.29) is 17.6 Å². The fourth-order valence-corrected chi connectivity index (χ4v) is 4.06. The fourth-order valence-electron chi connectivity index (χ4n) is 3.32. The van der Waals surface area contributed by atoms with E-state index in [0.29, 0.717) is 22.7 Å². The molecule has 0 atom stereocenters. The van der Waals surface area contributed by atoms with Crippen LogP contribution in [0.3, 0.4) is 0 Å². The third kappa shape index (κ3) is 4.18. The van der Waals surface area contributed by atoms with E-state index >= 15 is 0 Å². The number of benzene rings is 3. The molecule has 0 aliphatic carbocycles. The number of aryl methyl sites for hydroxylation is 1. The lowest BCUT2D eigenvalue weighted by molar-refractivity contribution is 0.0994. The molecule has 1 aromatic heterocycles. The van der Waals surface area contributed by atoms with Crippen molar-refractivity contribution in [2.24, 2.45) is 0 Å². The minimum absolute atomic E-state index is 0.228. The van der Waals surface area contributed by atoms with Crippen LogP contribution in [-0.2, 0) is 0 Å². The number of hydrogen-bond donors (Lipinski definition) is 2. The van der Waals surface area contributed by atoms with Crippen LogP contribution in [0, 0.1) is 6.92 Å². The van der Waals surface area contributed by atoms with E-state index < -0.39 is 0 Å². The van der Waals surface area contributed by atoms with Gasteiger partial charge in [0.25, 0.3) is 11.8 Å². The van der Waals surface area contributed by atoms with E-state index in [1.807, 2.05) is 31.2 Å². The highest BCUT2D eigenvalue weighted by Gasteiger charge is 2.19. The number of furan rings is 1. The quantitative estimate of drug-likeness (QED) is 0.367. The molecule has 0 aliphatic rings. The summed E-state index contributed by atoms with van der Waals surface area (Å²) < 4.78 is 11.3. The second-order valence-corrected chi connectivity index (χ2v) is 7.70.